The van der Waals surface area contributed by atoms with Gasteiger partial charge < -0.3 is 14.4 Å². The van der Waals surface area contributed by atoms with Crippen molar-refractivity contribution < 1.29 is 0 Å². The molecule has 0 amide bonds. The van der Waals surface area contributed by atoms with Gasteiger partial charge in [-0.2, -0.15) is 5.26 Å². The first-order valence-electron chi connectivity index (χ1n) is 8.60. The van der Waals surface area contributed by atoms with E-state index in [2.05, 4.69) is 57.3 Å². The number of thiazole rings is 1. The molecule has 6 heteroatoms. The average Bonchev–Trinajstić information content (AvgIpc) is 3.25. The summed E-state index contributed by atoms with van der Waals surface area (Å²) in [4.78, 5) is 9.65. The quantitative estimate of drug-likeness (QED) is 0.722. The molecule has 2 aromatic heterocycles. The second-order valence-electron chi connectivity index (χ2n) is 6.47. The first-order chi connectivity index (χ1) is 12.3. The molecule has 25 heavy (non-hydrogen) atoms. The lowest BCUT2D eigenvalue weighted by atomic mass is 10.1. The molecule has 0 N–H and O–H groups in total. The molecule has 128 valence electrons. The van der Waals surface area contributed by atoms with E-state index in [4.69, 9.17) is 10.2 Å². The van der Waals surface area contributed by atoms with E-state index < -0.39 is 0 Å². The maximum Gasteiger partial charge on any atom is 0.185 e. The highest BCUT2D eigenvalue weighted by Gasteiger charge is 2.19. The Labute approximate surface area is 151 Å². The number of piperazine rings is 1. The van der Waals surface area contributed by atoms with Crippen LogP contribution in [0.25, 0.3) is 22.2 Å². The number of nitriles is 1. The second kappa shape index (κ2) is 6.87. The third-order valence-corrected chi connectivity index (χ3v) is 5.70. The summed E-state index contributed by atoms with van der Waals surface area (Å²) >= 11 is 1.72. The summed E-state index contributed by atoms with van der Waals surface area (Å²) in [5.74, 6) is 0. The highest BCUT2D eigenvalue weighted by Crippen LogP contribution is 2.34. The molecule has 1 fully saturated rings. The molecule has 1 aliphatic rings. The third kappa shape index (κ3) is 3.13. The van der Waals surface area contributed by atoms with Gasteiger partial charge in [-0.05, 0) is 13.1 Å². The smallest absolute Gasteiger partial charge is 0.185 e. The Kier molecular flexibility index (Phi) is 4.43. The van der Waals surface area contributed by atoms with Gasteiger partial charge in [-0.3, -0.25) is 0 Å². The molecule has 1 saturated heterocycles. The third-order valence-electron chi connectivity index (χ3n) is 4.79. The fourth-order valence-electron chi connectivity index (χ4n) is 3.34. The van der Waals surface area contributed by atoms with E-state index in [0.29, 0.717) is 13.0 Å². The van der Waals surface area contributed by atoms with Crippen LogP contribution in [0.2, 0.25) is 0 Å². The minimum atomic E-state index is 0.516. The zero-order valence-corrected chi connectivity index (χ0v) is 15.2. The summed E-state index contributed by atoms with van der Waals surface area (Å²) in [5.41, 5.74) is 3.36. The molecule has 1 aliphatic heterocycles. The Bertz CT molecular complexity index is 911. The van der Waals surface area contributed by atoms with Crippen LogP contribution in [0, 0.1) is 11.3 Å². The number of hydrogen-bond acceptors (Lipinski definition) is 5. The lowest BCUT2D eigenvalue weighted by Crippen LogP contribution is -2.44. The molecule has 1 aromatic carbocycles. The van der Waals surface area contributed by atoms with Crippen molar-refractivity contribution in [3.05, 3.63) is 35.8 Å². The molecule has 0 saturated carbocycles. The van der Waals surface area contributed by atoms with Crippen LogP contribution in [0.3, 0.4) is 0 Å². The van der Waals surface area contributed by atoms with Crippen molar-refractivity contribution in [3.8, 4) is 17.3 Å². The largest absolute Gasteiger partial charge is 0.346 e. The number of rotatable bonds is 4. The Hall–Kier alpha value is -2.36. The van der Waals surface area contributed by atoms with E-state index in [-0.39, 0.29) is 0 Å². The van der Waals surface area contributed by atoms with Gasteiger partial charge in [0, 0.05) is 60.8 Å². The lowest BCUT2D eigenvalue weighted by molar-refractivity contribution is 0.313. The van der Waals surface area contributed by atoms with E-state index in [1.807, 2.05) is 6.07 Å². The second-order valence-corrected chi connectivity index (χ2v) is 7.30. The van der Waals surface area contributed by atoms with Gasteiger partial charge in [-0.25, -0.2) is 4.98 Å². The first-order valence-corrected chi connectivity index (χ1v) is 9.48. The molecule has 3 aromatic rings. The van der Waals surface area contributed by atoms with Gasteiger partial charge in [0.1, 0.15) is 0 Å². The fraction of sp³-hybridized carbons (Fsp3) is 0.368. The van der Waals surface area contributed by atoms with Gasteiger partial charge >= 0.3 is 0 Å². The van der Waals surface area contributed by atoms with Crippen molar-refractivity contribution in [2.24, 2.45) is 0 Å². The van der Waals surface area contributed by atoms with E-state index in [1.54, 1.807) is 11.3 Å². The van der Waals surface area contributed by atoms with E-state index in [0.717, 1.165) is 42.6 Å². The van der Waals surface area contributed by atoms with Crippen LogP contribution in [0.1, 0.15) is 6.42 Å². The van der Waals surface area contributed by atoms with Gasteiger partial charge in [0.25, 0.3) is 0 Å². The zero-order valence-electron chi connectivity index (χ0n) is 14.4. The number of benzene rings is 1. The fourth-order valence-corrected chi connectivity index (χ4v) is 4.22. The first kappa shape index (κ1) is 16.1. The van der Waals surface area contributed by atoms with Crippen LogP contribution in [0.5, 0.6) is 0 Å². The minimum absolute atomic E-state index is 0.516. The number of aryl methyl sites for hydroxylation is 1. The summed E-state index contributed by atoms with van der Waals surface area (Å²) in [6, 6.07) is 10.6. The lowest BCUT2D eigenvalue weighted by Gasteiger charge is -2.32. The number of hydrogen-bond donors (Lipinski definition) is 0. The summed E-state index contributed by atoms with van der Waals surface area (Å²) < 4.78 is 2.17. The Morgan fingerprint density at radius 2 is 2.00 bits per heavy atom. The molecule has 5 nitrogen and oxygen atoms in total. The monoisotopic (exact) mass is 351 g/mol. The topological polar surface area (TPSA) is 48.1 Å². The van der Waals surface area contributed by atoms with Gasteiger partial charge in [0.2, 0.25) is 0 Å². The van der Waals surface area contributed by atoms with E-state index in [1.165, 1.54) is 10.9 Å². The summed E-state index contributed by atoms with van der Waals surface area (Å²) in [6.45, 7) is 4.96. The molecule has 0 radical (unpaired) electrons. The van der Waals surface area contributed by atoms with Crippen molar-refractivity contribution in [2.45, 2.75) is 13.0 Å². The average molecular weight is 351 g/mol. The van der Waals surface area contributed by atoms with Crippen LogP contribution >= 0.6 is 11.3 Å². The molecule has 0 unspecified atom stereocenters. The summed E-state index contributed by atoms with van der Waals surface area (Å²) in [7, 11) is 2.17. The normalized spacial score (nSPS) is 15.6. The van der Waals surface area contributed by atoms with Gasteiger partial charge in [0.15, 0.2) is 5.13 Å². The maximum atomic E-state index is 8.91. The number of nitrogens with zero attached hydrogens (tertiary/aromatic N) is 5. The Morgan fingerprint density at radius 1 is 1.20 bits per heavy atom. The van der Waals surface area contributed by atoms with E-state index >= 15 is 0 Å². The standard InChI is InChI=1S/C19H21N5S/c1-22-9-11-23(12-10-22)19-21-17(14-25-19)16-13-24(8-4-7-20)18-6-3-2-5-15(16)18/h2-3,5-6,13-14H,4,8-12H2,1H3. The van der Waals surface area contributed by atoms with Crippen molar-refractivity contribution in [1.82, 2.24) is 14.5 Å². The minimum Gasteiger partial charge on any atom is -0.346 e. The molecule has 0 atom stereocenters. The summed E-state index contributed by atoms with van der Waals surface area (Å²) in [6.07, 6.45) is 2.66. The maximum absolute atomic E-state index is 8.91. The predicted molar refractivity (Wildman–Crippen MR) is 103 cm³/mol. The van der Waals surface area contributed by atoms with Crippen LogP contribution in [0.4, 0.5) is 5.13 Å². The van der Waals surface area contributed by atoms with Gasteiger partial charge in [-0.1, -0.05) is 18.2 Å². The number of para-hydroxylation sites is 1. The molecule has 4 rings (SSSR count). The molecule has 0 aliphatic carbocycles. The van der Waals surface area contributed by atoms with Crippen molar-refractivity contribution in [1.29, 1.82) is 5.26 Å². The van der Waals surface area contributed by atoms with Crippen LogP contribution in [0.15, 0.2) is 35.8 Å². The Morgan fingerprint density at radius 3 is 2.80 bits per heavy atom. The molecule has 0 bridgehead atoms. The highest BCUT2D eigenvalue weighted by molar-refractivity contribution is 7.14. The SMILES string of the molecule is CN1CCN(c2nc(-c3cn(CCC#N)c4ccccc34)cs2)CC1. The predicted octanol–water partition coefficient (Wildman–Crippen LogP) is 3.43. The van der Waals surface area contributed by atoms with Gasteiger partial charge in [0.05, 0.1) is 18.2 Å². The van der Waals surface area contributed by atoms with E-state index in [9.17, 15) is 0 Å². The van der Waals surface area contributed by atoms with Crippen molar-refractivity contribution in [3.63, 3.8) is 0 Å². The number of anilines is 1. The number of aromatic nitrogens is 2. The Balaban J connectivity index is 1.67. The number of likely N-dealkylation sites (N-methyl/N-ethyl adjacent to an activating group) is 1. The van der Waals surface area contributed by atoms with Crippen molar-refractivity contribution >= 4 is 27.4 Å². The molecule has 3 heterocycles. The zero-order chi connectivity index (χ0) is 17.2. The van der Waals surface area contributed by atoms with Crippen LogP contribution in [-0.4, -0.2) is 47.7 Å². The van der Waals surface area contributed by atoms with Gasteiger partial charge in [-0.15, -0.1) is 11.3 Å². The van der Waals surface area contributed by atoms with Crippen molar-refractivity contribution in [2.75, 3.05) is 38.1 Å². The highest BCUT2D eigenvalue weighted by atomic mass is 32.1. The molecule has 0 spiro atoms. The van der Waals surface area contributed by atoms with Crippen LogP contribution in [-0.2, 0) is 6.54 Å². The molecular weight excluding hydrogens is 330 g/mol. The molecular formula is C19H21N5S. The summed E-state index contributed by atoms with van der Waals surface area (Å²) in [5, 5.41) is 13.4. The number of fused-ring (bicyclic) bond motifs is 1. The van der Waals surface area contributed by atoms with Crippen LogP contribution < -0.4 is 4.90 Å².